The largest absolute Gasteiger partial charge is 0.331 e. The number of carbonyl (C=O) groups excluding carboxylic acids is 2. The number of nitrogens with one attached hydrogen (secondary N) is 2. The summed E-state index contributed by atoms with van der Waals surface area (Å²) >= 11 is 1.72. The maximum absolute atomic E-state index is 12.5. The fourth-order valence-electron chi connectivity index (χ4n) is 4.08. The first-order valence-corrected chi connectivity index (χ1v) is 12.9. The third kappa shape index (κ3) is 9.44. The summed E-state index contributed by atoms with van der Waals surface area (Å²) < 4.78 is 12.3. The van der Waals surface area contributed by atoms with Gasteiger partial charge < -0.3 is 14.8 Å². The molecule has 1 aliphatic heterocycles. The average Bonchev–Trinajstić information content (AvgIpc) is 2.85. The van der Waals surface area contributed by atoms with Crippen molar-refractivity contribution in [1.82, 2.24) is 15.8 Å². The summed E-state index contributed by atoms with van der Waals surface area (Å²) in [6.07, 6.45) is 14.2. The lowest BCUT2D eigenvalue weighted by Gasteiger charge is -2.37. The lowest BCUT2D eigenvalue weighted by molar-refractivity contribution is -0.241. The summed E-state index contributed by atoms with van der Waals surface area (Å²) in [5.74, 6) is 0.316. The van der Waals surface area contributed by atoms with Crippen molar-refractivity contribution in [3.05, 3.63) is 36.2 Å². The molecule has 1 aromatic rings. The van der Waals surface area contributed by atoms with Gasteiger partial charge in [-0.05, 0) is 56.2 Å². The smallest absolute Gasteiger partial charge is 0.243 e. The number of hydrogen-bond acceptors (Lipinski definition) is 7. The number of amides is 2. The highest BCUT2D eigenvalue weighted by molar-refractivity contribution is 7.99. The summed E-state index contributed by atoms with van der Waals surface area (Å²) in [6, 6.07) is 3.97. The number of hydrogen-bond donors (Lipinski definition) is 3. The Balaban J connectivity index is 1.46. The van der Waals surface area contributed by atoms with Crippen LogP contribution in [0.2, 0.25) is 0 Å². The third-order valence-electron chi connectivity index (χ3n) is 5.87. The molecule has 8 nitrogen and oxygen atoms in total. The lowest BCUT2D eigenvalue weighted by atomic mass is 9.92. The van der Waals surface area contributed by atoms with Gasteiger partial charge in [-0.15, -0.1) is 11.8 Å². The lowest BCUT2D eigenvalue weighted by Crippen LogP contribution is -2.49. The zero-order chi connectivity index (χ0) is 23.3. The van der Waals surface area contributed by atoms with Crippen LogP contribution < -0.4 is 10.8 Å². The summed E-state index contributed by atoms with van der Waals surface area (Å²) in [5, 5.41) is 11.4. The quantitative estimate of drug-likeness (QED) is 0.137. The molecule has 33 heavy (non-hydrogen) atoms. The predicted octanol–water partition coefficient (Wildman–Crippen LogP) is 4.09. The fourth-order valence-corrected chi connectivity index (χ4v) is 4.99. The van der Waals surface area contributed by atoms with Crippen LogP contribution >= 0.6 is 11.8 Å². The number of aromatic nitrogens is 1. The monoisotopic (exact) mass is 477 g/mol. The zero-order valence-corrected chi connectivity index (χ0v) is 19.9. The molecule has 3 rings (SSSR count). The highest BCUT2D eigenvalue weighted by Crippen LogP contribution is 2.31. The number of pyridine rings is 1. The highest BCUT2D eigenvalue weighted by atomic mass is 32.2. The molecule has 182 valence electrons. The van der Waals surface area contributed by atoms with Crippen molar-refractivity contribution < 1.29 is 24.3 Å². The van der Waals surface area contributed by atoms with Crippen LogP contribution in [0.3, 0.4) is 0 Å². The normalized spacial score (nSPS) is 22.9. The second-order valence-corrected chi connectivity index (χ2v) is 9.58. The number of rotatable bonds is 12. The van der Waals surface area contributed by atoms with E-state index >= 15 is 0 Å². The van der Waals surface area contributed by atoms with Crippen LogP contribution in [0.15, 0.2) is 41.1 Å². The van der Waals surface area contributed by atoms with E-state index in [2.05, 4.69) is 16.4 Å². The van der Waals surface area contributed by atoms with Gasteiger partial charge in [-0.1, -0.05) is 18.9 Å². The number of ether oxygens (including phenoxy) is 2. The molecular weight excluding hydrogens is 442 g/mol. The van der Waals surface area contributed by atoms with Gasteiger partial charge in [0.1, 0.15) is 0 Å². The van der Waals surface area contributed by atoms with Gasteiger partial charge in [-0.25, -0.2) is 5.48 Å². The van der Waals surface area contributed by atoms with E-state index < -0.39 is 6.41 Å². The van der Waals surface area contributed by atoms with Gasteiger partial charge in [0.25, 0.3) is 0 Å². The standard InChI is InChI=1S/C24H35N3O5S/c28-22(10-6-1-2-7-11-23(29)27-30)26-24-31-19(17-33-20-12-14-25-15-13-20)16-21(32-24)18-8-4-3-5-9-18/h8,12-15,19,21,24,30H,1-7,9-11,16-17H2,(H,26,28)(H,27,29). The first kappa shape index (κ1) is 25.7. The Bertz CT molecular complexity index is 777. The fraction of sp³-hybridized carbons (Fsp3) is 0.625. The Morgan fingerprint density at radius 1 is 1.06 bits per heavy atom. The van der Waals surface area contributed by atoms with Gasteiger partial charge in [-0.2, -0.15) is 0 Å². The van der Waals surface area contributed by atoms with E-state index in [0.717, 1.165) is 49.2 Å². The molecule has 0 spiro atoms. The summed E-state index contributed by atoms with van der Waals surface area (Å²) in [6.45, 7) is 0. The van der Waals surface area contributed by atoms with Gasteiger partial charge in [-0.3, -0.25) is 19.8 Å². The van der Waals surface area contributed by atoms with E-state index in [1.165, 1.54) is 18.4 Å². The Kier molecular flexibility index (Phi) is 11.2. The van der Waals surface area contributed by atoms with Crippen LogP contribution in [0.1, 0.15) is 70.6 Å². The Labute approximate surface area is 199 Å². The maximum Gasteiger partial charge on any atom is 0.243 e. The van der Waals surface area contributed by atoms with Crippen LogP contribution in [-0.4, -0.2) is 46.4 Å². The van der Waals surface area contributed by atoms with E-state index in [4.69, 9.17) is 14.7 Å². The minimum Gasteiger partial charge on any atom is -0.331 e. The molecule has 3 atom stereocenters. The van der Waals surface area contributed by atoms with E-state index in [1.807, 2.05) is 12.1 Å². The molecular formula is C24H35N3O5S. The molecule has 1 aromatic heterocycles. The number of allylic oxidation sites excluding steroid dienone is 1. The van der Waals surface area contributed by atoms with E-state index in [0.29, 0.717) is 19.3 Å². The summed E-state index contributed by atoms with van der Waals surface area (Å²) in [5.41, 5.74) is 2.96. The molecule has 0 bridgehead atoms. The van der Waals surface area contributed by atoms with Crippen molar-refractivity contribution >= 4 is 23.6 Å². The first-order chi connectivity index (χ1) is 16.1. The average molecular weight is 478 g/mol. The second kappa shape index (κ2) is 14.3. The van der Waals surface area contributed by atoms with Gasteiger partial charge in [0, 0.05) is 42.3 Å². The van der Waals surface area contributed by atoms with Gasteiger partial charge in [0.05, 0.1) is 12.2 Å². The molecule has 2 heterocycles. The van der Waals surface area contributed by atoms with E-state index in [9.17, 15) is 9.59 Å². The maximum atomic E-state index is 12.5. The number of carbonyl (C=O) groups is 2. The molecule has 3 unspecified atom stereocenters. The number of thioether (sulfide) groups is 1. The Hall–Kier alpha value is -1.94. The van der Waals surface area contributed by atoms with Crippen LogP contribution in [0.4, 0.5) is 0 Å². The Morgan fingerprint density at radius 2 is 1.82 bits per heavy atom. The number of unbranched alkanes of at least 4 members (excludes halogenated alkanes) is 3. The number of nitrogens with zero attached hydrogens (tertiary/aromatic N) is 1. The Morgan fingerprint density at radius 3 is 2.52 bits per heavy atom. The first-order valence-electron chi connectivity index (χ1n) is 11.9. The van der Waals surface area contributed by atoms with Crippen molar-refractivity contribution in [1.29, 1.82) is 0 Å². The second-order valence-electron chi connectivity index (χ2n) is 8.49. The molecule has 1 aliphatic carbocycles. The van der Waals surface area contributed by atoms with Crippen LogP contribution in [0, 0.1) is 0 Å². The van der Waals surface area contributed by atoms with Crippen molar-refractivity contribution in [2.45, 2.75) is 94.1 Å². The van der Waals surface area contributed by atoms with Crippen LogP contribution in [0.25, 0.3) is 0 Å². The van der Waals surface area contributed by atoms with E-state index in [1.54, 1.807) is 29.6 Å². The topological polar surface area (TPSA) is 110 Å². The highest BCUT2D eigenvalue weighted by Gasteiger charge is 2.33. The zero-order valence-electron chi connectivity index (χ0n) is 19.0. The van der Waals surface area contributed by atoms with Gasteiger partial charge >= 0.3 is 0 Å². The molecule has 2 aliphatic rings. The molecule has 1 fully saturated rings. The van der Waals surface area contributed by atoms with Gasteiger partial charge in [0.2, 0.25) is 18.2 Å². The van der Waals surface area contributed by atoms with Crippen molar-refractivity contribution in [3.63, 3.8) is 0 Å². The van der Waals surface area contributed by atoms with Crippen molar-refractivity contribution in [2.24, 2.45) is 0 Å². The van der Waals surface area contributed by atoms with E-state index in [-0.39, 0.29) is 24.0 Å². The molecule has 0 aromatic carbocycles. The molecule has 2 amide bonds. The van der Waals surface area contributed by atoms with Crippen molar-refractivity contribution in [2.75, 3.05) is 5.75 Å². The predicted molar refractivity (Wildman–Crippen MR) is 125 cm³/mol. The minimum absolute atomic E-state index is 0.0206. The molecule has 1 saturated heterocycles. The molecule has 9 heteroatoms. The molecule has 0 saturated carbocycles. The molecule has 3 N–H and O–H groups in total. The summed E-state index contributed by atoms with van der Waals surface area (Å²) in [7, 11) is 0. The SMILES string of the molecule is O=C(CCCCCCC(=O)NC1OC(CSc2ccncc2)CC(C2=CCCCC2)O1)NO. The third-order valence-corrected chi connectivity index (χ3v) is 7.01. The van der Waals surface area contributed by atoms with Crippen LogP contribution in [0.5, 0.6) is 0 Å². The van der Waals surface area contributed by atoms with Gasteiger partial charge in [0.15, 0.2) is 0 Å². The number of hydroxylamine groups is 1. The minimum atomic E-state index is -0.740. The summed E-state index contributed by atoms with van der Waals surface area (Å²) in [4.78, 5) is 28.7. The van der Waals surface area contributed by atoms with Crippen molar-refractivity contribution in [3.8, 4) is 0 Å². The van der Waals surface area contributed by atoms with Crippen LogP contribution in [-0.2, 0) is 19.1 Å². The molecule has 0 radical (unpaired) electrons.